The quantitative estimate of drug-likeness (QED) is 0.438. The molecule has 120 valence electrons. The molecule has 0 saturated carbocycles. The first kappa shape index (κ1) is 13.2. The third kappa shape index (κ3) is 1.52. The summed E-state index contributed by atoms with van der Waals surface area (Å²) in [7, 11) is 0. The highest BCUT2D eigenvalue weighted by atomic mass is 19.1. The molecule has 2 aliphatic rings. The molecular weight excluding hydrogens is 315 g/mol. The molecule has 3 aromatic carbocycles. The van der Waals surface area contributed by atoms with Crippen molar-refractivity contribution in [2.75, 3.05) is 0 Å². The van der Waals surface area contributed by atoms with Gasteiger partial charge in [0.05, 0.1) is 11.1 Å². The first-order chi connectivity index (χ1) is 12.2. The Labute approximate surface area is 142 Å². The van der Waals surface area contributed by atoms with Crippen LogP contribution in [0.1, 0.15) is 27.0 Å². The molecule has 4 heteroatoms. The van der Waals surface area contributed by atoms with Gasteiger partial charge in [-0.25, -0.2) is 4.39 Å². The highest BCUT2D eigenvalue weighted by Gasteiger charge is 2.34. The number of carbonyl (C=O) groups is 1. The Balaban J connectivity index is 1.86. The van der Waals surface area contributed by atoms with Gasteiger partial charge in [0.15, 0.2) is 0 Å². The van der Waals surface area contributed by atoms with E-state index in [1.807, 2.05) is 18.2 Å². The van der Waals surface area contributed by atoms with E-state index in [1.54, 1.807) is 6.07 Å². The number of nitrogens with one attached hydrogen (secondary N) is 2. The molecule has 0 radical (unpaired) electrons. The van der Waals surface area contributed by atoms with Crippen molar-refractivity contribution in [3.63, 3.8) is 0 Å². The van der Waals surface area contributed by atoms with Crippen LogP contribution in [0.5, 0.6) is 0 Å². The normalized spacial score (nSPS) is 14.7. The average Bonchev–Trinajstić information content (AvgIpc) is 3.27. The number of carbonyl (C=O) groups excluding carboxylic acids is 1. The number of H-pyrrole nitrogens is 1. The Kier molecular flexibility index (Phi) is 2.26. The van der Waals surface area contributed by atoms with E-state index in [1.165, 1.54) is 6.07 Å². The van der Waals surface area contributed by atoms with Crippen molar-refractivity contribution >= 4 is 27.7 Å². The van der Waals surface area contributed by atoms with Crippen LogP contribution < -0.4 is 5.32 Å². The van der Waals surface area contributed by atoms with E-state index in [0.29, 0.717) is 6.54 Å². The predicted molar refractivity (Wildman–Crippen MR) is 95.2 cm³/mol. The van der Waals surface area contributed by atoms with Crippen molar-refractivity contribution in [1.29, 1.82) is 0 Å². The molecule has 1 aliphatic heterocycles. The second-order valence-electron chi connectivity index (χ2n) is 6.79. The Morgan fingerprint density at radius 3 is 2.80 bits per heavy atom. The van der Waals surface area contributed by atoms with Crippen LogP contribution in [-0.2, 0) is 13.0 Å². The minimum Gasteiger partial charge on any atom is -0.354 e. The van der Waals surface area contributed by atoms with Crippen LogP contribution in [0, 0.1) is 5.82 Å². The van der Waals surface area contributed by atoms with E-state index in [9.17, 15) is 9.18 Å². The lowest BCUT2D eigenvalue weighted by molar-refractivity contribution is 0.0966. The molecule has 2 heterocycles. The lowest BCUT2D eigenvalue weighted by atomic mass is 9.92. The van der Waals surface area contributed by atoms with E-state index >= 15 is 0 Å². The van der Waals surface area contributed by atoms with Gasteiger partial charge in [-0.1, -0.05) is 24.3 Å². The highest BCUT2D eigenvalue weighted by molar-refractivity contribution is 6.19. The Bertz CT molecular complexity index is 1250. The maximum atomic E-state index is 13.9. The second kappa shape index (κ2) is 4.28. The van der Waals surface area contributed by atoms with Crippen LogP contribution in [0.2, 0.25) is 0 Å². The van der Waals surface area contributed by atoms with Crippen LogP contribution in [0.3, 0.4) is 0 Å². The number of benzene rings is 3. The molecule has 0 saturated heterocycles. The van der Waals surface area contributed by atoms with Gasteiger partial charge >= 0.3 is 0 Å². The Morgan fingerprint density at radius 1 is 1.00 bits per heavy atom. The summed E-state index contributed by atoms with van der Waals surface area (Å²) in [6.07, 6.45) is 0.717. The number of amides is 1. The number of aromatic amines is 1. The number of para-hydroxylation sites is 1. The Morgan fingerprint density at radius 2 is 1.88 bits per heavy atom. The third-order valence-electron chi connectivity index (χ3n) is 5.52. The van der Waals surface area contributed by atoms with E-state index in [-0.39, 0.29) is 11.7 Å². The number of aromatic nitrogens is 1. The molecule has 4 aromatic rings. The zero-order valence-electron chi connectivity index (χ0n) is 13.2. The maximum absolute atomic E-state index is 13.9. The fraction of sp³-hybridized carbons (Fsp3) is 0.0952. The number of fused-ring (bicyclic) bond motifs is 10. The lowest BCUT2D eigenvalue weighted by Crippen LogP contribution is -2.13. The standard InChI is InChI=1S/C21H13FN2O/c22-11-6-5-10-7-14-17(13(10)8-11)19-15(9-23-21(19)25)18-12-3-1-2-4-16(12)24-20(14)18/h1-6,8,24H,7,9H2,(H,23,25). The number of hydrogen-bond acceptors (Lipinski definition) is 1. The molecule has 0 atom stereocenters. The monoisotopic (exact) mass is 328 g/mol. The van der Waals surface area contributed by atoms with Crippen LogP contribution >= 0.6 is 0 Å². The van der Waals surface area contributed by atoms with Crippen LogP contribution in [0.15, 0.2) is 42.5 Å². The summed E-state index contributed by atoms with van der Waals surface area (Å²) in [5, 5.41) is 5.22. The molecule has 1 aliphatic carbocycles. The average molecular weight is 328 g/mol. The van der Waals surface area contributed by atoms with Gasteiger partial charge in [0.1, 0.15) is 5.82 Å². The van der Waals surface area contributed by atoms with Crippen molar-refractivity contribution in [3.05, 3.63) is 70.5 Å². The molecule has 0 unspecified atom stereocenters. The largest absolute Gasteiger partial charge is 0.354 e. The molecule has 0 bridgehead atoms. The van der Waals surface area contributed by atoms with Gasteiger partial charge in [0.2, 0.25) is 0 Å². The molecule has 0 spiro atoms. The summed E-state index contributed by atoms with van der Waals surface area (Å²) in [6.45, 7) is 0.518. The molecule has 6 rings (SSSR count). The van der Waals surface area contributed by atoms with Crippen molar-refractivity contribution < 1.29 is 9.18 Å². The number of halogens is 1. The number of hydrogen-bond donors (Lipinski definition) is 2. The summed E-state index contributed by atoms with van der Waals surface area (Å²) >= 11 is 0. The van der Waals surface area contributed by atoms with Crippen molar-refractivity contribution in [3.8, 4) is 11.1 Å². The molecule has 2 N–H and O–H groups in total. The summed E-state index contributed by atoms with van der Waals surface area (Å²) in [5.41, 5.74) is 7.80. The summed E-state index contributed by atoms with van der Waals surface area (Å²) in [4.78, 5) is 16.1. The molecule has 1 amide bonds. The minimum atomic E-state index is -0.268. The van der Waals surface area contributed by atoms with Gasteiger partial charge in [-0.05, 0) is 40.5 Å². The Hall–Kier alpha value is -3.14. The smallest absolute Gasteiger partial charge is 0.252 e. The first-order valence-electron chi connectivity index (χ1n) is 8.37. The van der Waals surface area contributed by atoms with Gasteiger partial charge in [0.25, 0.3) is 5.91 Å². The fourth-order valence-electron chi connectivity index (χ4n) is 4.52. The van der Waals surface area contributed by atoms with Crippen molar-refractivity contribution in [2.45, 2.75) is 13.0 Å². The van der Waals surface area contributed by atoms with Gasteiger partial charge in [-0.3, -0.25) is 4.79 Å². The van der Waals surface area contributed by atoms with Gasteiger partial charge in [0, 0.05) is 34.8 Å². The topological polar surface area (TPSA) is 44.9 Å². The molecule has 25 heavy (non-hydrogen) atoms. The molecule has 3 nitrogen and oxygen atoms in total. The van der Waals surface area contributed by atoms with Gasteiger partial charge in [-0.2, -0.15) is 0 Å². The molecule has 1 aromatic heterocycles. The van der Waals surface area contributed by atoms with Crippen molar-refractivity contribution in [2.24, 2.45) is 0 Å². The number of rotatable bonds is 0. The summed E-state index contributed by atoms with van der Waals surface area (Å²) in [6, 6.07) is 13.0. The van der Waals surface area contributed by atoms with Gasteiger partial charge < -0.3 is 10.3 Å². The fourth-order valence-corrected chi connectivity index (χ4v) is 4.52. The zero-order chi connectivity index (χ0) is 16.7. The SMILES string of the molecule is O=C1NCc2c1c1c(c3[nH]c4ccccc4c23)Cc2ccc(F)cc2-1. The van der Waals surface area contributed by atoms with E-state index < -0.39 is 0 Å². The second-order valence-corrected chi connectivity index (χ2v) is 6.79. The summed E-state index contributed by atoms with van der Waals surface area (Å²) < 4.78 is 13.9. The van der Waals surface area contributed by atoms with Crippen molar-refractivity contribution in [1.82, 2.24) is 10.3 Å². The minimum absolute atomic E-state index is 0.0597. The molecular formula is C21H13FN2O. The highest BCUT2D eigenvalue weighted by Crippen LogP contribution is 2.47. The molecule has 0 fully saturated rings. The zero-order valence-corrected chi connectivity index (χ0v) is 13.2. The third-order valence-corrected chi connectivity index (χ3v) is 5.52. The lowest BCUT2D eigenvalue weighted by Gasteiger charge is -2.09. The van der Waals surface area contributed by atoms with Crippen LogP contribution in [-0.4, -0.2) is 10.9 Å². The van der Waals surface area contributed by atoms with E-state index in [2.05, 4.69) is 22.4 Å². The van der Waals surface area contributed by atoms with Gasteiger partial charge in [-0.15, -0.1) is 0 Å². The van der Waals surface area contributed by atoms with E-state index in [0.717, 1.165) is 61.6 Å². The van der Waals surface area contributed by atoms with Crippen LogP contribution in [0.25, 0.3) is 32.9 Å². The first-order valence-corrected chi connectivity index (χ1v) is 8.37. The summed E-state index contributed by atoms with van der Waals surface area (Å²) in [5.74, 6) is -0.328. The van der Waals surface area contributed by atoms with E-state index in [4.69, 9.17) is 0 Å². The van der Waals surface area contributed by atoms with Crippen LogP contribution in [0.4, 0.5) is 4.39 Å². The predicted octanol–water partition coefficient (Wildman–Crippen LogP) is 4.27. The maximum Gasteiger partial charge on any atom is 0.252 e.